The summed E-state index contributed by atoms with van der Waals surface area (Å²) in [6, 6.07) is 10.5. The summed E-state index contributed by atoms with van der Waals surface area (Å²) >= 11 is 5.99. The third-order valence-electron chi connectivity index (χ3n) is 3.91. The minimum Gasteiger partial charge on any atom is -0.496 e. The van der Waals surface area contributed by atoms with Crippen LogP contribution in [-0.2, 0) is 4.74 Å². The molecule has 7 nitrogen and oxygen atoms in total. The van der Waals surface area contributed by atoms with Gasteiger partial charge in [0.15, 0.2) is 6.10 Å². The van der Waals surface area contributed by atoms with Gasteiger partial charge in [-0.25, -0.2) is 4.79 Å². The number of esters is 1. The number of carbonyl (C=O) groups excluding carboxylic acids is 1. The molecule has 1 heterocycles. The Morgan fingerprint density at radius 3 is 2.59 bits per heavy atom. The van der Waals surface area contributed by atoms with Crippen LogP contribution in [0, 0.1) is 6.92 Å². The number of nitrogens with two attached hydrogens (primary N) is 1. The fourth-order valence-corrected chi connectivity index (χ4v) is 2.55. The van der Waals surface area contributed by atoms with E-state index in [-0.39, 0.29) is 22.2 Å². The predicted molar refractivity (Wildman–Crippen MR) is 101 cm³/mol. The molecule has 2 aromatic carbocycles. The van der Waals surface area contributed by atoms with Gasteiger partial charge >= 0.3 is 5.97 Å². The van der Waals surface area contributed by atoms with Crippen molar-refractivity contribution >= 4 is 23.3 Å². The molecule has 1 atom stereocenters. The highest BCUT2D eigenvalue weighted by molar-refractivity contribution is 6.33. The van der Waals surface area contributed by atoms with Crippen molar-refractivity contribution in [3.63, 3.8) is 0 Å². The van der Waals surface area contributed by atoms with Gasteiger partial charge in [0.2, 0.25) is 5.89 Å². The highest BCUT2D eigenvalue weighted by atomic mass is 35.5. The quantitative estimate of drug-likeness (QED) is 0.517. The van der Waals surface area contributed by atoms with Gasteiger partial charge < -0.3 is 19.6 Å². The number of aromatic nitrogens is 2. The van der Waals surface area contributed by atoms with Crippen molar-refractivity contribution in [3.8, 4) is 17.2 Å². The normalized spacial score (nSPS) is 11.9. The minimum atomic E-state index is -0.759. The third-order valence-corrected chi connectivity index (χ3v) is 4.24. The van der Waals surface area contributed by atoms with Gasteiger partial charge in [-0.05, 0) is 32.0 Å². The molecule has 8 heteroatoms. The number of nitrogens with zero attached hydrogens (tertiary/aromatic N) is 2. The maximum absolute atomic E-state index is 12.5. The first-order valence-corrected chi connectivity index (χ1v) is 8.51. The number of carbonyl (C=O) groups is 1. The highest BCUT2D eigenvalue weighted by Gasteiger charge is 2.23. The molecule has 0 saturated carbocycles. The Morgan fingerprint density at radius 2 is 1.93 bits per heavy atom. The summed E-state index contributed by atoms with van der Waals surface area (Å²) < 4.78 is 16.2. The molecule has 1 aromatic heterocycles. The number of hydrogen-bond acceptors (Lipinski definition) is 7. The van der Waals surface area contributed by atoms with E-state index in [0.717, 1.165) is 11.1 Å². The van der Waals surface area contributed by atoms with E-state index >= 15 is 0 Å². The van der Waals surface area contributed by atoms with Crippen LogP contribution >= 0.6 is 11.6 Å². The molecule has 27 heavy (non-hydrogen) atoms. The molecule has 3 rings (SSSR count). The number of anilines is 1. The highest BCUT2D eigenvalue weighted by Crippen LogP contribution is 2.31. The Hall–Kier alpha value is -3.06. The van der Waals surface area contributed by atoms with Gasteiger partial charge in [-0.2, -0.15) is 0 Å². The Bertz CT molecular complexity index is 970. The predicted octanol–water partition coefficient (Wildman–Crippen LogP) is 4.21. The Kier molecular flexibility index (Phi) is 5.32. The molecule has 0 aliphatic rings. The minimum absolute atomic E-state index is 0.154. The van der Waals surface area contributed by atoms with Crippen molar-refractivity contribution in [2.45, 2.75) is 20.0 Å². The summed E-state index contributed by atoms with van der Waals surface area (Å²) in [5.74, 6) is 0.150. The molecule has 0 radical (unpaired) electrons. The lowest BCUT2D eigenvalue weighted by atomic mass is 10.1. The smallest absolute Gasteiger partial charge is 0.342 e. The van der Waals surface area contributed by atoms with Crippen molar-refractivity contribution in [1.29, 1.82) is 0 Å². The van der Waals surface area contributed by atoms with Gasteiger partial charge in [-0.3, -0.25) is 0 Å². The Labute approximate surface area is 161 Å². The van der Waals surface area contributed by atoms with Crippen molar-refractivity contribution in [2.24, 2.45) is 0 Å². The van der Waals surface area contributed by atoms with Crippen molar-refractivity contribution in [2.75, 3.05) is 12.8 Å². The van der Waals surface area contributed by atoms with Crippen LogP contribution in [0.15, 0.2) is 40.8 Å². The fourth-order valence-electron chi connectivity index (χ4n) is 2.38. The van der Waals surface area contributed by atoms with Gasteiger partial charge in [-0.1, -0.05) is 29.3 Å². The maximum atomic E-state index is 12.5. The average molecular weight is 388 g/mol. The van der Waals surface area contributed by atoms with E-state index in [2.05, 4.69) is 10.2 Å². The van der Waals surface area contributed by atoms with Crippen LogP contribution < -0.4 is 10.5 Å². The van der Waals surface area contributed by atoms with E-state index in [1.165, 1.54) is 19.2 Å². The van der Waals surface area contributed by atoms with Crippen LogP contribution in [0.1, 0.15) is 34.8 Å². The summed E-state index contributed by atoms with van der Waals surface area (Å²) in [5, 5.41) is 8.20. The molecule has 1 unspecified atom stereocenters. The van der Waals surface area contributed by atoms with Gasteiger partial charge in [0, 0.05) is 11.6 Å². The van der Waals surface area contributed by atoms with Gasteiger partial charge in [-0.15, -0.1) is 10.2 Å². The summed E-state index contributed by atoms with van der Waals surface area (Å²) in [6.07, 6.45) is -0.759. The van der Waals surface area contributed by atoms with E-state index in [1.54, 1.807) is 6.92 Å². The largest absolute Gasteiger partial charge is 0.496 e. The second-order valence-electron chi connectivity index (χ2n) is 5.93. The van der Waals surface area contributed by atoms with Crippen LogP contribution in [0.25, 0.3) is 11.5 Å². The number of ether oxygens (including phenoxy) is 2. The number of hydrogen-bond donors (Lipinski definition) is 1. The van der Waals surface area contributed by atoms with E-state index in [9.17, 15) is 4.79 Å². The lowest BCUT2D eigenvalue weighted by Crippen LogP contribution is -2.11. The van der Waals surface area contributed by atoms with Gasteiger partial charge in [0.25, 0.3) is 5.89 Å². The number of benzene rings is 2. The number of methoxy groups -OCH3 is 1. The lowest BCUT2D eigenvalue weighted by Gasteiger charge is -2.13. The molecule has 0 aliphatic heterocycles. The number of nitrogen functional groups attached to an aromatic ring is 1. The molecule has 0 bridgehead atoms. The van der Waals surface area contributed by atoms with Gasteiger partial charge in [0.05, 0.1) is 17.8 Å². The monoisotopic (exact) mass is 387 g/mol. The summed E-state index contributed by atoms with van der Waals surface area (Å²) in [6.45, 7) is 3.62. The second kappa shape index (κ2) is 7.67. The van der Waals surface area contributed by atoms with Crippen LogP contribution in [0.5, 0.6) is 5.75 Å². The van der Waals surface area contributed by atoms with E-state index in [1.807, 2.05) is 31.2 Å². The second-order valence-corrected chi connectivity index (χ2v) is 6.34. The molecular weight excluding hydrogens is 370 g/mol. The van der Waals surface area contributed by atoms with E-state index in [0.29, 0.717) is 11.6 Å². The average Bonchev–Trinajstić information content (AvgIpc) is 3.14. The van der Waals surface area contributed by atoms with Crippen molar-refractivity contribution in [1.82, 2.24) is 10.2 Å². The van der Waals surface area contributed by atoms with Crippen LogP contribution in [0.2, 0.25) is 5.02 Å². The first-order chi connectivity index (χ1) is 12.9. The molecule has 3 aromatic rings. The standard InChI is InChI=1S/C19H18ClN3O4/c1-10-4-6-12(7-5-10)18-23-22-17(27-18)11(2)26-19(24)13-8-14(20)15(21)9-16(13)25-3/h4-9,11H,21H2,1-3H3. The fraction of sp³-hybridized carbons (Fsp3) is 0.211. The zero-order chi connectivity index (χ0) is 19.6. The first kappa shape index (κ1) is 18.7. The molecule has 0 fully saturated rings. The van der Waals surface area contributed by atoms with Crippen LogP contribution in [-0.4, -0.2) is 23.3 Å². The summed E-state index contributed by atoms with van der Waals surface area (Å²) in [4.78, 5) is 12.5. The lowest BCUT2D eigenvalue weighted by molar-refractivity contribution is 0.0276. The number of aryl methyl sites for hydroxylation is 1. The van der Waals surface area contributed by atoms with Crippen molar-refractivity contribution in [3.05, 3.63) is 58.4 Å². The molecule has 2 N–H and O–H groups in total. The SMILES string of the molecule is COc1cc(N)c(Cl)cc1C(=O)OC(C)c1nnc(-c2ccc(C)cc2)o1. The number of halogens is 1. The van der Waals surface area contributed by atoms with Crippen LogP contribution in [0.3, 0.4) is 0 Å². The third kappa shape index (κ3) is 4.03. The topological polar surface area (TPSA) is 100 Å². The molecule has 0 aliphatic carbocycles. The van der Waals surface area contributed by atoms with Crippen molar-refractivity contribution < 1.29 is 18.7 Å². The van der Waals surface area contributed by atoms with E-state index < -0.39 is 12.1 Å². The Morgan fingerprint density at radius 1 is 1.22 bits per heavy atom. The number of rotatable bonds is 5. The van der Waals surface area contributed by atoms with Gasteiger partial charge in [0.1, 0.15) is 11.3 Å². The molecule has 140 valence electrons. The zero-order valence-electron chi connectivity index (χ0n) is 15.0. The zero-order valence-corrected chi connectivity index (χ0v) is 15.8. The molecule has 0 amide bonds. The summed E-state index contributed by atoms with van der Waals surface area (Å²) in [7, 11) is 1.43. The summed E-state index contributed by atoms with van der Waals surface area (Å²) in [5.41, 5.74) is 8.09. The van der Waals surface area contributed by atoms with Crippen LogP contribution in [0.4, 0.5) is 5.69 Å². The Balaban J connectivity index is 1.78. The molecule has 0 spiro atoms. The van der Waals surface area contributed by atoms with E-state index in [4.69, 9.17) is 31.2 Å². The maximum Gasteiger partial charge on any atom is 0.342 e. The molecular formula is C19H18ClN3O4. The molecule has 0 saturated heterocycles. The first-order valence-electron chi connectivity index (χ1n) is 8.13.